The first kappa shape index (κ1) is 12.9. The van der Waals surface area contributed by atoms with Gasteiger partial charge in [0, 0.05) is 17.6 Å². The maximum absolute atomic E-state index is 5.88. The molecule has 1 N–H and O–H groups in total. The quantitative estimate of drug-likeness (QED) is 0.886. The topological polar surface area (TPSA) is 15.3 Å². The summed E-state index contributed by atoms with van der Waals surface area (Å²) < 4.78 is 0. The van der Waals surface area contributed by atoms with Gasteiger partial charge in [0.1, 0.15) is 0 Å². The molecule has 0 amide bonds. The fraction of sp³-hybridized carbons (Fsp3) is 0.571. The molecule has 17 heavy (non-hydrogen) atoms. The Labute approximate surface area is 109 Å². The Balaban J connectivity index is 1.78. The summed E-state index contributed by atoms with van der Waals surface area (Å²) >= 11 is 5.88. The maximum atomic E-state index is 5.88. The Morgan fingerprint density at radius 3 is 2.53 bits per heavy atom. The van der Waals surface area contributed by atoms with Crippen LogP contribution >= 0.6 is 11.6 Å². The molecule has 0 atom stereocenters. The summed E-state index contributed by atoms with van der Waals surface area (Å²) in [6, 6.07) is 8.95. The van der Waals surface area contributed by atoms with E-state index >= 15 is 0 Å². The number of nitrogens with zero attached hydrogens (tertiary/aromatic N) is 1. The number of piperidine rings is 1. The van der Waals surface area contributed by atoms with E-state index < -0.39 is 0 Å². The second-order valence-electron chi connectivity index (χ2n) is 4.84. The summed E-state index contributed by atoms with van der Waals surface area (Å²) in [7, 11) is 2.24. The van der Waals surface area contributed by atoms with Gasteiger partial charge in [0.25, 0.3) is 0 Å². The molecule has 2 nitrogen and oxygen atoms in total. The van der Waals surface area contributed by atoms with E-state index in [1.54, 1.807) is 0 Å². The smallest absolute Gasteiger partial charge is 0.0406 e. The van der Waals surface area contributed by atoms with Crippen LogP contribution < -0.4 is 5.32 Å². The van der Waals surface area contributed by atoms with E-state index in [0.717, 1.165) is 37.1 Å². The van der Waals surface area contributed by atoms with Crippen molar-refractivity contribution >= 4 is 11.6 Å². The van der Waals surface area contributed by atoms with E-state index in [1.165, 1.54) is 18.4 Å². The van der Waals surface area contributed by atoms with E-state index in [9.17, 15) is 0 Å². The lowest BCUT2D eigenvalue weighted by molar-refractivity contribution is 0.201. The molecule has 94 valence electrons. The first-order valence-corrected chi connectivity index (χ1v) is 6.79. The molecule has 0 saturated carbocycles. The fourth-order valence-electron chi connectivity index (χ4n) is 2.39. The number of benzene rings is 1. The fourth-order valence-corrected chi connectivity index (χ4v) is 2.51. The Morgan fingerprint density at radius 2 is 1.88 bits per heavy atom. The van der Waals surface area contributed by atoms with Gasteiger partial charge in [0.2, 0.25) is 0 Å². The molecule has 1 aromatic rings. The van der Waals surface area contributed by atoms with E-state index in [1.807, 2.05) is 12.1 Å². The predicted molar refractivity (Wildman–Crippen MR) is 73.7 cm³/mol. The molecule has 0 aliphatic carbocycles. The summed E-state index contributed by atoms with van der Waals surface area (Å²) in [4.78, 5) is 2.50. The first-order valence-electron chi connectivity index (χ1n) is 6.41. The van der Waals surface area contributed by atoms with Crippen LogP contribution in [0.5, 0.6) is 0 Å². The van der Waals surface area contributed by atoms with Gasteiger partial charge in [0.15, 0.2) is 0 Å². The zero-order chi connectivity index (χ0) is 12.1. The van der Waals surface area contributed by atoms with E-state index in [-0.39, 0.29) is 0 Å². The lowest BCUT2D eigenvalue weighted by atomic mass is 10.0. The molecule has 1 saturated heterocycles. The van der Waals surface area contributed by atoms with Gasteiger partial charge in [0.05, 0.1) is 0 Å². The van der Waals surface area contributed by atoms with Crippen molar-refractivity contribution in [3.05, 3.63) is 34.9 Å². The average Bonchev–Trinajstić information content (AvgIpc) is 2.39. The van der Waals surface area contributed by atoms with Gasteiger partial charge in [-0.15, -0.1) is 0 Å². The van der Waals surface area contributed by atoms with E-state index in [2.05, 4.69) is 29.4 Å². The van der Waals surface area contributed by atoms with Crippen LogP contribution in [0.25, 0.3) is 0 Å². The highest BCUT2D eigenvalue weighted by Gasteiger charge is 2.16. The predicted octanol–water partition coefficient (Wildman–Crippen LogP) is 2.57. The highest BCUT2D eigenvalue weighted by molar-refractivity contribution is 6.30. The molecular formula is C14H21ClN2. The molecule has 1 aliphatic heterocycles. The molecule has 1 aliphatic rings. The molecule has 0 spiro atoms. The zero-order valence-corrected chi connectivity index (χ0v) is 11.2. The molecule has 0 bridgehead atoms. The third-order valence-corrected chi connectivity index (χ3v) is 3.85. The Kier molecular flexibility index (Phi) is 4.84. The molecule has 0 unspecified atom stereocenters. The van der Waals surface area contributed by atoms with Crippen molar-refractivity contribution in [1.82, 2.24) is 10.2 Å². The Bertz CT molecular complexity index is 331. The molecule has 3 heteroatoms. The third-order valence-electron chi connectivity index (χ3n) is 3.60. The van der Waals surface area contributed by atoms with Crippen LogP contribution in [0.1, 0.15) is 18.4 Å². The Morgan fingerprint density at radius 1 is 1.24 bits per heavy atom. The van der Waals surface area contributed by atoms with E-state index in [4.69, 9.17) is 11.6 Å². The molecule has 1 heterocycles. The number of nitrogens with one attached hydrogen (secondary N) is 1. The molecule has 0 aromatic heterocycles. The van der Waals surface area contributed by atoms with Crippen molar-refractivity contribution in [1.29, 1.82) is 0 Å². The normalized spacial score (nSPS) is 17.6. The van der Waals surface area contributed by atoms with Crippen molar-refractivity contribution < 1.29 is 0 Å². The minimum Gasteiger partial charge on any atom is -0.317 e. The number of likely N-dealkylation sites (N-methyl/N-ethyl adjacent to an activating group) is 1. The van der Waals surface area contributed by atoms with Crippen molar-refractivity contribution in [2.45, 2.75) is 25.3 Å². The van der Waals surface area contributed by atoms with Gasteiger partial charge in [-0.25, -0.2) is 0 Å². The second-order valence-corrected chi connectivity index (χ2v) is 5.27. The molecule has 1 fully saturated rings. The molecule has 0 radical (unpaired) electrons. The second kappa shape index (κ2) is 6.39. The van der Waals surface area contributed by atoms with Gasteiger partial charge < -0.3 is 10.2 Å². The van der Waals surface area contributed by atoms with Crippen LogP contribution in [0, 0.1) is 0 Å². The zero-order valence-electron chi connectivity index (χ0n) is 10.5. The van der Waals surface area contributed by atoms with Crippen molar-refractivity contribution in [2.24, 2.45) is 0 Å². The minimum absolute atomic E-state index is 0.753. The lowest BCUT2D eigenvalue weighted by Gasteiger charge is -2.31. The SMILES string of the molecule is CN(CCc1ccc(Cl)cc1)C1CCNCC1. The number of rotatable bonds is 4. The largest absolute Gasteiger partial charge is 0.317 e. The van der Waals surface area contributed by atoms with Gasteiger partial charge in [-0.1, -0.05) is 23.7 Å². The summed E-state index contributed by atoms with van der Waals surface area (Å²) in [5, 5.41) is 4.23. The van der Waals surface area contributed by atoms with Gasteiger partial charge in [-0.05, 0) is 57.1 Å². The Hall–Kier alpha value is -0.570. The molecule has 1 aromatic carbocycles. The highest BCUT2D eigenvalue weighted by atomic mass is 35.5. The van der Waals surface area contributed by atoms with Gasteiger partial charge in [-0.3, -0.25) is 0 Å². The summed E-state index contributed by atoms with van der Waals surface area (Å²) in [6.07, 6.45) is 3.66. The minimum atomic E-state index is 0.753. The van der Waals surface area contributed by atoms with Crippen LogP contribution in [0.15, 0.2) is 24.3 Å². The molecule has 2 rings (SSSR count). The highest BCUT2D eigenvalue weighted by Crippen LogP contribution is 2.13. The summed E-state index contributed by atoms with van der Waals surface area (Å²) in [5.74, 6) is 0. The number of hydrogen-bond acceptors (Lipinski definition) is 2. The van der Waals surface area contributed by atoms with Crippen LogP contribution in [0.2, 0.25) is 5.02 Å². The van der Waals surface area contributed by atoms with Crippen LogP contribution in [0.3, 0.4) is 0 Å². The van der Waals surface area contributed by atoms with Crippen LogP contribution in [0.4, 0.5) is 0 Å². The van der Waals surface area contributed by atoms with Gasteiger partial charge in [-0.2, -0.15) is 0 Å². The summed E-state index contributed by atoms with van der Waals surface area (Å²) in [5.41, 5.74) is 1.37. The summed E-state index contributed by atoms with van der Waals surface area (Å²) in [6.45, 7) is 3.46. The van der Waals surface area contributed by atoms with Gasteiger partial charge >= 0.3 is 0 Å². The monoisotopic (exact) mass is 252 g/mol. The number of hydrogen-bond donors (Lipinski definition) is 1. The van der Waals surface area contributed by atoms with Crippen molar-refractivity contribution in [2.75, 3.05) is 26.7 Å². The average molecular weight is 253 g/mol. The van der Waals surface area contributed by atoms with Crippen molar-refractivity contribution in [3.8, 4) is 0 Å². The van der Waals surface area contributed by atoms with Crippen molar-refractivity contribution in [3.63, 3.8) is 0 Å². The maximum Gasteiger partial charge on any atom is 0.0406 e. The molecular weight excluding hydrogens is 232 g/mol. The third kappa shape index (κ3) is 3.98. The lowest BCUT2D eigenvalue weighted by Crippen LogP contribution is -2.41. The van der Waals surface area contributed by atoms with Crippen LogP contribution in [-0.4, -0.2) is 37.6 Å². The van der Waals surface area contributed by atoms with E-state index in [0.29, 0.717) is 0 Å². The standard InChI is InChI=1S/C14H21ClN2/c1-17(14-6-9-16-10-7-14)11-8-12-2-4-13(15)5-3-12/h2-5,14,16H,6-11H2,1H3. The van der Waals surface area contributed by atoms with Crippen LogP contribution in [-0.2, 0) is 6.42 Å². The number of halogens is 1. The first-order chi connectivity index (χ1) is 8.25.